The molecule has 0 amide bonds. The van der Waals surface area contributed by atoms with E-state index in [0.29, 0.717) is 13.2 Å². The molecule has 1 aromatic heterocycles. The summed E-state index contributed by atoms with van der Waals surface area (Å²) in [6.07, 6.45) is 3.80. The Labute approximate surface area is 112 Å². The predicted octanol–water partition coefficient (Wildman–Crippen LogP) is 2.51. The predicted molar refractivity (Wildman–Crippen MR) is 74.6 cm³/mol. The SMILES string of the molecule is COCCCOCCn1ccc2cccc(C=O)c21. The van der Waals surface area contributed by atoms with E-state index < -0.39 is 0 Å². The van der Waals surface area contributed by atoms with Crippen LogP contribution >= 0.6 is 0 Å². The number of benzene rings is 1. The van der Waals surface area contributed by atoms with Crippen molar-refractivity contribution in [2.75, 3.05) is 26.9 Å². The number of rotatable bonds is 8. The van der Waals surface area contributed by atoms with Crippen molar-refractivity contribution in [2.24, 2.45) is 0 Å². The summed E-state index contributed by atoms with van der Waals surface area (Å²) in [5.41, 5.74) is 1.71. The van der Waals surface area contributed by atoms with E-state index in [1.807, 2.05) is 30.5 Å². The third kappa shape index (κ3) is 3.43. The molecule has 0 fully saturated rings. The van der Waals surface area contributed by atoms with Crippen LogP contribution in [0.25, 0.3) is 10.9 Å². The van der Waals surface area contributed by atoms with Crippen LogP contribution in [0.4, 0.5) is 0 Å². The highest BCUT2D eigenvalue weighted by Crippen LogP contribution is 2.19. The molecular formula is C15H19NO3. The number of hydrogen-bond acceptors (Lipinski definition) is 3. The molecule has 0 N–H and O–H groups in total. The Morgan fingerprint density at radius 3 is 2.89 bits per heavy atom. The number of aromatic nitrogens is 1. The number of nitrogens with zero attached hydrogens (tertiary/aromatic N) is 1. The average Bonchev–Trinajstić information content (AvgIpc) is 2.86. The second-order valence-corrected chi connectivity index (χ2v) is 4.37. The first-order chi connectivity index (χ1) is 9.36. The summed E-state index contributed by atoms with van der Waals surface area (Å²) < 4.78 is 12.6. The Balaban J connectivity index is 1.95. The number of methoxy groups -OCH3 is 1. The zero-order chi connectivity index (χ0) is 13.5. The van der Waals surface area contributed by atoms with Gasteiger partial charge < -0.3 is 14.0 Å². The number of para-hydroxylation sites is 1. The maximum absolute atomic E-state index is 11.1. The number of carbonyl (C=O) groups excluding carboxylic acids is 1. The fraction of sp³-hybridized carbons (Fsp3) is 0.400. The molecule has 1 aromatic carbocycles. The Hall–Kier alpha value is -1.65. The molecule has 0 saturated heterocycles. The highest BCUT2D eigenvalue weighted by Gasteiger charge is 2.05. The summed E-state index contributed by atoms with van der Waals surface area (Å²) in [7, 11) is 1.69. The van der Waals surface area contributed by atoms with Gasteiger partial charge in [-0.25, -0.2) is 0 Å². The van der Waals surface area contributed by atoms with Gasteiger partial charge in [-0.05, 0) is 18.6 Å². The van der Waals surface area contributed by atoms with E-state index in [1.165, 1.54) is 0 Å². The molecular weight excluding hydrogens is 242 g/mol. The summed E-state index contributed by atoms with van der Waals surface area (Å²) in [6, 6.07) is 7.77. The van der Waals surface area contributed by atoms with E-state index in [0.717, 1.165) is 42.3 Å². The van der Waals surface area contributed by atoms with Crippen LogP contribution in [0, 0.1) is 0 Å². The van der Waals surface area contributed by atoms with Crippen LogP contribution in [0.1, 0.15) is 16.8 Å². The Bertz CT molecular complexity index is 533. The molecule has 0 saturated carbocycles. The lowest BCUT2D eigenvalue weighted by Gasteiger charge is -2.08. The number of hydrogen-bond donors (Lipinski definition) is 0. The van der Waals surface area contributed by atoms with Gasteiger partial charge in [-0.2, -0.15) is 0 Å². The van der Waals surface area contributed by atoms with Gasteiger partial charge in [0.15, 0.2) is 6.29 Å². The molecule has 0 atom stereocenters. The van der Waals surface area contributed by atoms with Crippen molar-refractivity contribution in [2.45, 2.75) is 13.0 Å². The summed E-state index contributed by atoms with van der Waals surface area (Å²) in [5, 5.41) is 1.09. The number of ether oxygens (including phenoxy) is 2. The molecule has 0 spiro atoms. The fourth-order valence-electron chi connectivity index (χ4n) is 2.14. The topological polar surface area (TPSA) is 40.5 Å². The second kappa shape index (κ2) is 7.07. The van der Waals surface area contributed by atoms with Crippen molar-refractivity contribution in [3.05, 3.63) is 36.0 Å². The Morgan fingerprint density at radius 2 is 2.11 bits per heavy atom. The van der Waals surface area contributed by atoms with Gasteiger partial charge in [0.1, 0.15) is 0 Å². The van der Waals surface area contributed by atoms with Gasteiger partial charge in [-0.3, -0.25) is 4.79 Å². The first kappa shape index (κ1) is 13.8. The Kier molecular flexibility index (Phi) is 5.12. The summed E-state index contributed by atoms with van der Waals surface area (Å²) >= 11 is 0. The molecule has 1 heterocycles. The molecule has 4 nitrogen and oxygen atoms in total. The van der Waals surface area contributed by atoms with Crippen molar-refractivity contribution in [3.8, 4) is 0 Å². The minimum Gasteiger partial charge on any atom is -0.385 e. The number of aldehydes is 1. The van der Waals surface area contributed by atoms with Crippen LogP contribution in [-0.2, 0) is 16.0 Å². The van der Waals surface area contributed by atoms with Gasteiger partial charge in [0.05, 0.1) is 12.1 Å². The van der Waals surface area contributed by atoms with Crippen molar-refractivity contribution in [1.82, 2.24) is 4.57 Å². The van der Waals surface area contributed by atoms with Crippen LogP contribution in [0.5, 0.6) is 0 Å². The van der Waals surface area contributed by atoms with Crippen LogP contribution in [-0.4, -0.2) is 37.8 Å². The molecule has 0 unspecified atom stereocenters. The summed E-state index contributed by atoms with van der Waals surface area (Å²) in [6.45, 7) is 2.82. The standard InChI is InChI=1S/C15H19NO3/c1-18-9-3-10-19-11-8-16-7-6-13-4-2-5-14(12-17)15(13)16/h2,4-7,12H,3,8-11H2,1H3. The van der Waals surface area contributed by atoms with Crippen molar-refractivity contribution in [3.63, 3.8) is 0 Å². The molecule has 2 aromatic rings. The number of fused-ring (bicyclic) bond motifs is 1. The molecule has 0 aliphatic heterocycles. The third-order valence-electron chi connectivity index (χ3n) is 3.06. The van der Waals surface area contributed by atoms with E-state index in [-0.39, 0.29) is 0 Å². The average molecular weight is 261 g/mol. The van der Waals surface area contributed by atoms with E-state index in [1.54, 1.807) is 7.11 Å². The lowest BCUT2D eigenvalue weighted by atomic mass is 10.1. The molecule has 0 bridgehead atoms. The lowest BCUT2D eigenvalue weighted by molar-refractivity contribution is 0.0981. The van der Waals surface area contributed by atoms with Gasteiger partial charge >= 0.3 is 0 Å². The third-order valence-corrected chi connectivity index (χ3v) is 3.06. The fourth-order valence-corrected chi connectivity index (χ4v) is 2.14. The maximum Gasteiger partial charge on any atom is 0.152 e. The first-order valence-electron chi connectivity index (χ1n) is 6.46. The molecule has 4 heteroatoms. The van der Waals surface area contributed by atoms with Crippen LogP contribution in [0.2, 0.25) is 0 Å². The van der Waals surface area contributed by atoms with E-state index >= 15 is 0 Å². The summed E-state index contributed by atoms with van der Waals surface area (Å²) in [5.74, 6) is 0. The van der Waals surface area contributed by atoms with Crippen molar-refractivity contribution >= 4 is 17.2 Å². The largest absolute Gasteiger partial charge is 0.385 e. The zero-order valence-corrected chi connectivity index (χ0v) is 11.2. The molecule has 0 radical (unpaired) electrons. The van der Waals surface area contributed by atoms with Crippen LogP contribution < -0.4 is 0 Å². The van der Waals surface area contributed by atoms with Gasteiger partial charge in [0.2, 0.25) is 0 Å². The number of carbonyl (C=O) groups is 1. The van der Waals surface area contributed by atoms with E-state index in [4.69, 9.17) is 9.47 Å². The second-order valence-electron chi connectivity index (χ2n) is 4.37. The molecule has 2 rings (SSSR count). The Morgan fingerprint density at radius 1 is 1.21 bits per heavy atom. The monoisotopic (exact) mass is 261 g/mol. The highest BCUT2D eigenvalue weighted by atomic mass is 16.5. The minimum absolute atomic E-state index is 0.640. The van der Waals surface area contributed by atoms with Gasteiger partial charge in [0, 0.05) is 44.0 Å². The lowest BCUT2D eigenvalue weighted by Crippen LogP contribution is -2.07. The summed E-state index contributed by atoms with van der Waals surface area (Å²) in [4.78, 5) is 11.1. The van der Waals surface area contributed by atoms with Crippen molar-refractivity contribution < 1.29 is 14.3 Å². The smallest absolute Gasteiger partial charge is 0.152 e. The van der Waals surface area contributed by atoms with Crippen LogP contribution in [0.3, 0.4) is 0 Å². The molecule has 0 aliphatic rings. The minimum atomic E-state index is 0.640. The van der Waals surface area contributed by atoms with Gasteiger partial charge in [0.25, 0.3) is 0 Å². The molecule has 19 heavy (non-hydrogen) atoms. The zero-order valence-electron chi connectivity index (χ0n) is 11.2. The molecule has 102 valence electrons. The van der Waals surface area contributed by atoms with E-state index in [9.17, 15) is 4.79 Å². The highest BCUT2D eigenvalue weighted by molar-refractivity contribution is 5.96. The van der Waals surface area contributed by atoms with Gasteiger partial charge in [-0.1, -0.05) is 12.1 Å². The van der Waals surface area contributed by atoms with E-state index in [2.05, 4.69) is 4.57 Å². The molecule has 0 aliphatic carbocycles. The first-order valence-corrected chi connectivity index (χ1v) is 6.46. The normalized spacial score (nSPS) is 11.0. The van der Waals surface area contributed by atoms with Crippen LogP contribution in [0.15, 0.2) is 30.5 Å². The van der Waals surface area contributed by atoms with Gasteiger partial charge in [-0.15, -0.1) is 0 Å². The maximum atomic E-state index is 11.1. The quantitative estimate of drug-likeness (QED) is 0.541. The van der Waals surface area contributed by atoms with Crippen molar-refractivity contribution in [1.29, 1.82) is 0 Å².